The van der Waals surface area contributed by atoms with Gasteiger partial charge in [-0.3, -0.25) is 28.1 Å². The number of amides is 1. The number of carbonyl (C=O) groups is 1. The highest BCUT2D eigenvalue weighted by Gasteiger charge is 2.14. The summed E-state index contributed by atoms with van der Waals surface area (Å²) < 4.78 is 2.94. The van der Waals surface area contributed by atoms with Crippen molar-refractivity contribution in [2.24, 2.45) is 14.1 Å². The minimum atomic E-state index is -0.714. The topological polar surface area (TPSA) is 141 Å². The molecule has 0 atom stereocenters. The first-order valence-electron chi connectivity index (χ1n) is 8.85. The van der Waals surface area contributed by atoms with Gasteiger partial charge in [0.05, 0.1) is 28.2 Å². The number of carbonyl (C=O) groups excluding carboxylic acids is 1. The van der Waals surface area contributed by atoms with E-state index in [-0.39, 0.29) is 22.1 Å². The third kappa shape index (κ3) is 3.02. The molecule has 3 aromatic heterocycles. The highest BCUT2D eigenvalue weighted by molar-refractivity contribution is 5.92. The summed E-state index contributed by atoms with van der Waals surface area (Å²) in [6.45, 7) is -0.525. The number of aryl methyl sites for hydroxylation is 1. The molecule has 0 aliphatic carbocycles. The number of nitrogens with one attached hydrogen (secondary N) is 2. The van der Waals surface area contributed by atoms with E-state index in [1.165, 1.54) is 30.9 Å². The van der Waals surface area contributed by atoms with Crippen LogP contribution in [0.2, 0.25) is 0 Å². The standard InChI is InChI=1S/C19H16N6O5/c1-23-15-12(16(27)24(2)19(23)30)7-10(8-20-15)21-14(26)9-25-17(28)11-5-3-4-6-13(11)22-18(25)29/h3-8H,9H2,1-2H3,(H,21,26)(H,22,29). The number of fused-ring (bicyclic) bond motifs is 2. The highest BCUT2D eigenvalue weighted by atomic mass is 16.2. The number of benzene rings is 1. The summed E-state index contributed by atoms with van der Waals surface area (Å²) in [6, 6.07) is 7.87. The molecule has 3 heterocycles. The van der Waals surface area contributed by atoms with E-state index in [0.29, 0.717) is 5.52 Å². The molecule has 0 fully saturated rings. The molecule has 0 aliphatic rings. The fourth-order valence-electron chi connectivity index (χ4n) is 3.22. The van der Waals surface area contributed by atoms with Crippen LogP contribution in [-0.2, 0) is 25.4 Å². The van der Waals surface area contributed by atoms with Crippen LogP contribution in [0.15, 0.2) is 55.7 Å². The normalized spacial score (nSPS) is 11.1. The molecule has 152 valence electrons. The summed E-state index contributed by atoms with van der Waals surface area (Å²) in [7, 11) is 2.82. The SMILES string of the molecule is Cn1c(=O)c2cc(NC(=O)Cn3c(=O)[nH]c4ccccc4c3=O)cnc2n(C)c1=O. The molecule has 4 aromatic rings. The monoisotopic (exact) mass is 408 g/mol. The first-order chi connectivity index (χ1) is 14.3. The second-order valence-electron chi connectivity index (χ2n) is 6.72. The Bertz CT molecular complexity index is 1570. The van der Waals surface area contributed by atoms with Crippen molar-refractivity contribution in [1.82, 2.24) is 23.7 Å². The Morgan fingerprint density at radius 2 is 1.77 bits per heavy atom. The summed E-state index contributed by atoms with van der Waals surface area (Å²) in [4.78, 5) is 68.1. The van der Waals surface area contributed by atoms with Gasteiger partial charge in [-0.2, -0.15) is 0 Å². The number of pyridine rings is 1. The Balaban J connectivity index is 1.69. The van der Waals surface area contributed by atoms with Crippen molar-refractivity contribution in [3.63, 3.8) is 0 Å². The van der Waals surface area contributed by atoms with Gasteiger partial charge in [-0.1, -0.05) is 12.1 Å². The first kappa shape index (κ1) is 19.1. The summed E-state index contributed by atoms with van der Waals surface area (Å²) in [5.41, 5.74) is -1.65. The smallest absolute Gasteiger partial charge is 0.323 e. The maximum Gasteiger partial charge on any atom is 0.332 e. The predicted octanol–water partition coefficient (Wildman–Crippen LogP) is -0.726. The molecular weight excluding hydrogens is 392 g/mol. The molecule has 4 rings (SSSR count). The van der Waals surface area contributed by atoms with Crippen LogP contribution in [0, 0.1) is 0 Å². The van der Waals surface area contributed by atoms with Crippen LogP contribution in [-0.4, -0.2) is 29.6 Å². The summed E-state index contributed by atoms with van der Waals surface area (Å²) in [5.74, 6) is -0.652. The molecule has 2 N–H and O–H groups in total. The number of hydrogen-bond acceptors (Lipinski definition) is 6. The van der Waals surface area contributed by atoms with Gasteiger partial charge in [-0.05, 0) is 18.2 Å². The lowest BCUT2D eigenvalue weighted by Gasteiger charge is -2.10. The zero-order chi connectivity index (χ0) is 21.6. The van der Waals surface area contributed by atoms with Crippen LogP contribution < -0.4 is 27.8 Å². The van der Waals surface area contributed by atoms with Gasteiger partial charge in [0.15, 0.2) is 0 Å². The van der Waals surface area contributed by atoms with Gasteiger partial charge >= 0.3 is 11.4 Å². The van der Waals surface area contributed by atoms with E-state index in [1.807, 2.05) is 0 Å². The third-order valence-corrected chi connectivity index (χ3v) is 4.77. The van der Waals surface area contributed by atoms with E-state index < -0.39 is 34.9 Å². The largest absolute Gasteiger partial charge is 0.332 e. The minimum absolute atomic E-state index is 0.137. The van der Waals surface area contributed by atoms with Crippen LogP contribution in [0.4, 0.5) is 5.69 Å². The fraction of sp³-hybridized carbons (Fsp3) is 0.158. The molecule has 11 heteroatoms. The molecule has 0 saturated carbocycles. The van der Waals surface area contributed by atoms with Crippen LogP contribution in [0.1, 0.15) is 0 Å². The van der Waals surface area contributed by atoms with Gasteiger partial charge in [0.25, 0.3) is 11.1 Å². The molecule has 0 aliphatic heterocycles. The second kappa shape index (κ2) is 6.95. The van der Waals surface area contributed by atoms with Crippen LogP contribution >= 0.6 is 0 Å². The third-order valence-electron chi connectivity index (χ3n) is 4.77. The predicted molar refractivity (Wildman–Crippen MR) is 110 cm³/mol. The van der Waals surface area contributed by atoms with Crippen molar-refractivity contribution in [1.29, 1.82) is 0 Å². The number of H-pyrrole nitrogens is 1. The molecule has 1 amide bonds. The van der Waals surface area contributed by atoms with Gasteiger partial charge in [-0.25, -0.2) is 14.6 Å². The number of rotatable bonds is 3. The Labute approximate surface area is 166 Å². The number of aromatic amines is 1. The zero-order valence-electron chi connectivity index (χ0n) is 16.0. The van der Waals surface area contributed by atoms with Gasteiger partial charge < -0.3 is 10.3 Å². The number of anilines is 1. The Morgan fingerprint density at radius 3 is 2.53 bits per heavy atom. The zero-order valence-corrected chi connectivity index (χ0v) is 16.0. The van der Waals surface area contributed by atoms with Crippen molar-refractivity contribution >= 4 is 33.5 Å². The number of para-hydroxylation sites is 1. The van der Waals surface area contributed by atoms with E-state index in [1.54, 1.807) is 24.3 Å². The summed E-state index contributed by atoms with van der Waals surface area (Å²) in [6.07, 6.45) is 1.28. The van der Waals surface area contributed by atoms with Crippen molar-refractivity contribution in [2.75, 3.05) is 5.32 Å². The Hall–Kier alpha value is -4.28. The van der Waals surface area contributed by atoms with Crippen LogP contribution in [0.3, 0.4) is 0 Å². The van der Waals surface area contributed by atoms with E-state index in [4.69, 9.17) is 0 Å². The van der Waals surface area contributed by atoms with Gasteiger partial charge in [0.1, 0.15) is 12.2 Å². The number of hydrogen-bond donors (Lipinski definition) is 2. The quantitative estimate of drug-likeness (QED) is 0.458. The molecule has 11 nitrogen and oxygen atoms in total. The molecular formula is C19H16N6O5. The highest BCUT2D eigenvalue weighted by Crippen LogP contribution is 2.12. The van der Waals surface area contributed by atoms with Crippen LogP contribution in [0.5, 0.6) is 0 Å². The Morgan fingerprint density at radius 1 is 1.03 bits per heavy atom. The van der Waals surface area contributed by atoms with E-state index in [2.05, 4.69) is 15.3 Å². The number of aromatic nitrogens is 5. The van der Waals surface area contributed by atoms with E-state index >= 15 is 0 Å². The second-order valence-corrected chi connectivity index (χ2v) is 6.72. The molecule has 0 spiro atoms. The maximum absolute atomic E-state index is 12.5. The summed E-state index contributed by atoms with van der Waals surface area (Å²) >= 11 is 0. The first-order valence-corrected chi connectivity index (χ1v) is 8.85. The van der Waals surface area contributed by atoms with Crippen molar-refractivity contribution in [3.8, 4) is 0 Å². The van der Waals surface area contributed by atoms with Crippen LogP contribution in [0.25, 0.3) is 21.9 Å². The van der Waals surface area contributed by atoms with Crippen molar-refractivity contribution in [3.05, 3.63) is 78.2 Å². The van der Waals surface area contributed by atoms with Gasteiger partial charge in [0.2, 0.25) is 5.91 Å². The molecule has 0 bridgehead atoms. The average Bonchev–Trinajstić information content (AvgIpc) is 2.73. The van der Waals surface area contributed by atoms with E-state index in [0.717, 1.165) is 9.13 Å². The number of nitrogens with zero attached hydrogens (tertiary/aromatic N) is 4. The lowest BCUT2D eigenvalue weighted by molar-refractivity contribution is -0.116. The maximum atomic E-state index is 12.5. The fourth-order valence-corrected chi connectivity index (χ4v) is 3.22. The molecule has 0 unspecified atom stereocenters. The molecule has 0 radical (unpaired) electrons. The average molecular weight is 408 g/mol. The van der Waals surface area contributed by atoms with Crippen molar-refractivity contribution < 1.29 is 4.79 Å². The van der Waals surface area contributed by atoms with E-state index in [9.17, 15) is 24.0 Å². The lowest BCUT2D eigenvalue weighted by atomic mass is 10.2. The van der Waals surface area contributed by atoms with Gasteiger partial charge in [0, 0.05) is 14.1 Å². The summed E-state index contributed by atoms with van der Waals surface area (Å²) in [5, 5.41) is 2.93. The molecule has 1 aromatic carbocycles. The minimum Gasteiger partial charge on any atom is -0.323 e. The van der Waals surface area contributed by atoms with Crippen molar-refractivity contribution in [2.45, 2.75) is 6.54 Å². The van der Waals surface area contributed by atoms with Gasteiger partial charge in [-0.15, -0.1) is 0 Å². The Kier molecular flexibility index (Phi) is 4.42. The molecule has 30 heavy (non-hydrogen) atoms. The lowest BCUT2D eigenvalue weighted by Crippen LogP contribution is -2.39. The molecule has 0 saturated heterocycles.